The van der Waals surface area contributed by atoms with Crippen LogP contribution in [0, 0.1) is 9.39 Å². The summed E-state index contributed by atoms with van der Waals surface area (Å²) < 4.78 is 20.8. The highest BCUT2D eigenvalue weighted by molar-refractivity contribution is 14.1. The highest BCUT2D eigenvalue weighted by atomic mass is 127. The first-order valence-electron chi connectivity index (χ1n) is 8.47. The predicted molar refractivity (Wildman–Crippen MR) is 112 cm³/mol. The van der Waals surface area contributed by atoms with E-state index in [0.717, 1.165) is 16.5 Å². The predicted octanol–water partition coefficient (Wildman–Crippen LogP) is 4.00. The molecule has 0 spiro atoms. The number of hydrogen-bond acceptors (Lipinski definition) is 5. The number of carbonyl (C=O) groups is 1. The maximum absolute atomic E-state index is 14.3. The van der Waals surface area contributed by atoms with Crippen LogP contribution in [0.2, 0.25) is 0 Å². The third-order valence-electron chi connectivity index (χ3n) is 3.95. The third kappa shape index (κ3) is 4.75. The Morgan fingerprint density at radius 1 is 1.33 bits per heavy atom. The van der Waals surface area contributed by atoms with Crippen LogP contribution in [0.25, 0.3) is 11.0 Å². The maximum atomic E-state index is 14.3. The van der Waals surface area contributed by atoms with Crippen LogP contribution in [-0.4, -0.2) is 43.0 Å². The number of nitrogens with zero attached hydrogens (tertiary/aromatic N) is 2. The summed E-state index contributed by atoms with van der Waals surface area (Å²) in [5.41, 5.74) is 1.18. The van der Waals surface area contributed by atoms with Gasteiger partial charge in [-0.05, 0) is 73.9 Å². The summed E-state index contributed by atoms with van der Waals surface area (Å²) in [6.07, 6.45) is 3.99. The van der Waals surface area contributed by atoms with Gasteiger partial charge in [-0.1, -0.05) is 0 Å². The number of amides is 1. The summed E-state index contributed by atoms with van der Waals surface area (Å²) in [6, 6.07) is 6.51. The van der Waals surface area contributed by atoms with E-state index < -0.39 is 5.82 Å². The van der Waals surface area contributed by atoms with E-state index in [-0.39, 0.29) is 17.4 Å². The van der Waals surface area contributed by atoms with Gasteiger partial charge in [-0.2, -0.15) is 0 Å². The van der Waals surface area contributed by atoms with E-state index in [4.69, 9.17) is 4.42 Å². The second-order valence-corrected chi connectivity index (χ2v) is 7.59. The SMILES string of the molecule is CN(C)CCCNC(=O)c1oc2ccncc2c1Nc1ccc(I)cc1F. The molecule has 0 saturated heterocycles. The van der Waals surface area contributed by atoms with E-state index in [0.29, 0.717) is 23.2 Å². The minimum absolute atomic E-state index is 0.112. The van der Waals surface area contributed by atoms with E-state index in [1.54, 1.807) is 30.6 Å². The zero-order valence-corrected chi connectivity index (χ0v) is 17.2. The molecular weight excluding hydrogens is 462 g/mol. The third-order valence-corrected chi connectivity index (χ3v) is 4.63. The molecule has 0 unspecified atom stereocenters. The number of benzene rings is 1. The zero-order valence-electron chi connectivity index (χ0n) is 15.1. The van der Waals surface area contributed by atoms with Crippen molar-refractivity contribution in [1.82, 2.24) is 15.2 Å². The standard InChI is InChI=1S/C19H20FIN4O2/c1-25(2)9-3-7-23-19(26)18-17(13-11-22-8-6-16(13)27-18)24-15-5-4-12(21)10-14(15)20/h4-6,8,10-11,24H,3,7,9H2,1-2H3,(H,23,26). The highest BCUT2D eigenvalue weighted by Gasteiger charge is 2.21. The Balaban J connectivity index is 1.88. The quantitative estimate of drug-likeness (QED) is 0.394. The number of carbonyl (C=O) groups excluding carboxylic acids is 1. The lowest BCUT2D eigenvalue weighted by molar-refractivity contribution is 0.0928. The van der Waals surface area contributed by atoms with E-state index in [1.165, 1.54) is 6.07 Å². The number of fused-ring (bicyclic) bond motifs is 1. The van der Waals surface area contributed by atoms with Crippen molar-refractivity contribution in [3.63, 3.8) is 0 Å². The number of halogens is 2. The van der Waals surface area contributed by atoms with Gasteiger partial charge in [0.1, 0.15) is 17.1 Å². The van der Waals surface area contributed by atoms with Gasteiger partial charge in [0, 0.05) is 22.5 Å². The van der Waals surface area contributed by atoms with Gasteiger partial charge in [0.05, 0.1) is 11.1 Å². The van der Waals surface area contributed by atoms with Gasteiger partial charge in [0.25, 0.3) is 5.91 Å². The maximum Gasteiger partial charge on any atom is 0.289 e. The van der Waals surface area contributed by atoms with Crippen molar-refractivity contribution in [1.29, 1.82) is 0 Å². The van der Waals surface area contributed by atoms with Crippen molar-refractivity contribution in [2.75, 3.05) is 32.5 Å². The van der Waals surface area contributed by atoms with E-state index >= 15 is 0 Å². The van der Waals surface area contributed by atoms with Crippen molar-refractivity contribution in [2.24, 2.45) is 0 Å². The van der Waals surface area contributed by atoms with Crippen LogP contribution in [0.15, 0.2) is 41.1 Å². The van der Waals surface area contributed by atoms with E-state index in [1.807, 2.05) is 41.6 Å². The molecule has 0 bridgehead atoms. The summed E-state index contributed by atoms with van der Waals surface area (Å²) in [6.45, 7) is 1.38. The molecule has 27 heavy (non-hydrogen) atoms. The molecule has 8 heteroatoms. The molecule has 0 aliphatic rings. The van der Waals surface area contributed by atoms with Crippen molar-refractivity contribution in [3.8, 4) is 0 Å². The molecule has 1 amide bonds. The van der Waals surface area contributed by atoms with Gasteiger partial charge < -0.3 is 20.0 Å². The largest absolute Gasteiger partial charge is 0.448 e. The molecule has 142 valence electrons. The monoisotopic (exact) mass is 482 g/mol. The number of hydrogen-bond donors (Lipinski definition) is 2. The molecule has 2 heterocycles. The van der Waals surface area contributed by atoms with Crippen LogP contribution >= 0.6 is 22.6 Å². The summed E-state index contributed by atoms with van der Waals surface area (Å²) in [5.74, 6) is -0.642. The van der Waals surface area contributed by atoms with Crippen LogP contribution in [-0.2, 0) is 0 Å². The fourth-order valence-corrected chi connectivity index (χ4v) is 3.08. The van der Waals surface area contributed by atoms with Gasteiger partial charge >= 0.3 is 0 Å². The second-order valence-electron chi connectivity index (χ2n) is 6.34. The van der Waals surface area contributed by atoms with Gasteiger partial charge in [0.2, 0.25) is 5.76 Å². The normalized spacial score (nSPS) is 11.1. The average molecular weight is 482 g/mol. The molecule has 3 aromatic rings. The van der Waals surface area contributed by atoms with E-state index in [2.05, 4.69) is 15.6 Å². The van der Waals surface area contributed by atoms with Gasteiger partial charge in [-0.25, -0.2) is 4.39 Å². The Labute approximate surface area is 170 Å². The summed E-state index contributed by atoms with van der Waals surface area (Å²) >= 11 is 2.04. The fourth-order valence-electron chi connectivity index (χ4n) is 2.63. The van der Waals surface area contributed by atoms with Crippen LogP contribution in [0.5, 0.6) is 0 Å². The topological polar surface area (TPSA) is 70.4 Å². The first-order valence-corrected chi connectivity index (χ1v) is 9.55. The first kappa shape index (κ1) is 19.6. The Morgan fingerprint density at radius 2 is 2.15 bits per heavy atom. The van der Waals surface area contributed by atoms with Crippen molar-refractivity contribution in [3.05, 3.63) is 51.8 Å². The zero-order chi connectivity index (χ0) is 19.4. The number of pyridine rings is 1. The fraction of sp³-hybridized carbons (Fsp3) is 0.263. The van der Waals surface area contributed by atoms with Gasteiger partial charge in [-0.15, -0.1) is 0 Å². The lowest BCUT2D eigenvalue weighted by atomic mass is 10.2. The molecule has 0 aliphatic heterocycles. The molecule has 0 saturated carbocycles. The molecular formula is C19H20FIN4O2. The molecule has 0 atom stereocenters. The smallest absolute Gasteiger partial charge is 0.289 e. The molecule has 0 fully saturated rings. The minimum atomic E-state index is -0.405. The van der Waals surface area contributed by atoms with Crippen LogP contribution in [0.4, 0.5) is 15.8 Å². The van der Waals surface area contributed by atoms with Crippen molar-refractivity contribution < 1.29 is 13.6 Å². The van der Waals surface area contributed by atoms with E-state index in [9.17, 15) is 9.18 Å². The minimum Gasteiger partial charge on any atom is -0.448 e. The molecule has 2 N–H and O–H groups in total. The number of furan rings is 1. The lowest BCUT2D eigenvalue weighted by Gasteiger charge is -2.11. The van der Waals surface area contributed by atoms with Crippen LogP contribution in [0.1, 0.15) is 17.0 Å². The van der Waals surface area contributed by atoms with Crippen molar-refractivity contribution >= 4 is 50.8 Å². The van der Waals surface area contributed by atoms with Crippen LogP contribution in [0.3, 0.4) is 0 Å². The average Bonchev–Trinajstić information content (AvgIpc) is 2.99. The molecule has 0 radical (unpaired) electrons. The summed E-state index contributed by atoms with van der Waals surface area (Å²) in [5, 5.41) is 6.47. The molecule has 3 rings (SSSR count). The first-order chi connectivity index (χ1) is 13.0. The van der Waals surface area contributed by atoms with Gasteiger partial charge in [0.15, 0.2) is 0 Å². The molecule has 2 aromatic heterocycles. The van der Waals surface area contributed by atoms with Crippen LogP contribution < -0.4 is 10.6 Å². The number of anilines is 2. The molecule has 1 aromatic carbocycles. The summed E-state index contributed by atoms with van der Waals surface area (Å²) in [7, 11) is 3.96. The lowest BCUT2D eigenvalue weighted by Crippen LogP contribution is -2.27. The number of aromatic nitrogens is 1. The molecule has 6 nitrogen and oxygen atoms in total. The Kier molecular flexibility index (Phi) is 6.27. The Morgan fingerprint density at radius 3 is 2.89 bits per heavy atom. The second kappa shape index (κ2) is 8.66. The van der Waals surface area contributed by atoms with Gasteiger partial charge in [-0.3, -0.25) is 9.78 Å². The summed E-state index contributed by atoms with van der Waals surface area (Å²) in [4.78, 5) is 18.8. The highest BCUT2D eigenvalue weighted by Crippen LogP contribution is 2.33. The number of rotatable bonds is 7. The Bertz CT molecular complexity index is 958. The van der Waals surface area contributed by atoms with Crippen molar-refractivity contribution in [2.45, 2.75) is 6.42 Å². The molecule has 0 aliphatic carbocycles. The Hall–Kier alpha value is -2.20. The number of nitrogens with one attached hydrogen (secondary N) is 2.